The van der Waals surface area contributed by atoms with Crippen LogP contribution in [-0.2, 0) is 16.1 Å². The third-order valence-corrected chi connectivity index (χ3v) is 7.13. The van der Waals surface area contributed by atoms with E-state index < -0.39 is 0 Å². The minimum atomic E-state index is -0.369. The van der Waals surface area contributed by atoms with Crippen molar-refractivity contribution < 1.29 is 9.59 Å². The van der Waals surface area contributed by atoms with Crippen molar-refractivity contribution in [1.82, 2.24) is 15.1 Å². The molecule has 1 N–H and O–H groups in total. The predicted octanol–water partition coefficient (Wildman–Crippen LogP) is 5.23. The molecule has 0 aliphatic carbocycles. The van der Waals surface area contributed by atoms with Crippen LogP contribution in [0.3, 0.4) is 0 Å². The summed E-state index contributed by atoms with van der Waals surface area (Å²) in [6, 6.07) is 30.6. The van der Waals surface area contributed by atoms with E-state index in [0.717, 1.165) is 50.0 Å². The maximum Gasteiger partial charge on any atom is 0.234 e. The Labute approximate surface area is 221 Å². The summed E-state index contributed by atoms with van der Waals surface area (Å²) in [6.07, 6.45) is 3.09. The fraction of sp³-hybridized carbons (Fsp3) is 0.375. The lowest BCUT2D eigenvalue weighted by atomic mass is 9.90. The van der Waals surface area contributed by atoms with Gasteiger partial charge in [0.15, 0.2) is 0 Å². The van der Waals surface area contributed by atoms with Crippen LogP contribution in [0.15, 0.2) is 91.0 Å². The number of benzene rings is 3. The standard InChI is InChI=1S/C32H39N3O2/c1-2-21-35(32(37)31(27-14-8-4-9-15-27)28-16-10-5-11-17-28)24-20-30(36)33-29-18-22-34(23-19-29)25-26-12-6-3-7-13-26/h3-17,29,31H,2,18-25H2,1H3,(H,33,36). The zero-order valence-corrected chi connectivity index (χ0v) is 21.9. The average Bonchev–Trinajstić information content (AvgIpc) is 2.94. The third kappa shape index (κ3) is 7.77. The molecule has 3 aromatic rings. The summed E-state index contributed by atoms with van der Waals surface area (Å²) in [5.74, 6) is -0.279. The first-order valence-corrected chi connectivity index (χ1v) is 13.6. The van der Waals surface area contributed by atoms with E-state index in [1.54, 1.807) is 0 Å². The Morgan fingerprint density at radius 3 is 1.92 bits per heavy atom. The van der Waals surface area contributed by atoms with Gasteiger partial charge >= 0.3 is 0 Å². The molecule has 3 aromatic carbocycles. The Balaban J connectivity index is 1.31. The highest BCUT2D eigenvalue weighted by Crippen LogP contribution is 2.27. The second kappa shape index (κ2) is 13.8. The Hall–Kier alpha value is -3.44. The van der Waals surface area contributed by atoms with Crippen molar-refractivity contribution in [3.05, 3.63) is 108 Å². The molecule has 0 atom stereocenters. The molecule has 2 amide bonds. The molecule has 0 radical (unpaired) electrons. The van der Waals surface area contributed by atoms with E-state index in [1.807, 2.05) is 71.6 Å². The van der Waals surface area contributed by atoms with Gasteiger partial charge in [0.2, 0.25) is 11.8 Å². The largest absolute Gasteiger partial charge is 0.353 e. The molecule has 1 aliphatic heterocycles. The van der Waals surface area contributed by atoms with E-state index >= 15 is 0 Å². The van der Waals surface area contributed by atoms with Crippen LogP contribution in [0, 0.1) is 0 Å². The van der Waals surface area contributed by atoms with Gasteiger partial charge in [0, 0.05) is 45.2 Å². The number of amides is 2. The highest BCUT2D eigenvalue weighted by atomic mass is 16.2. The number of carbonyl (C=O) groups excluding carboxylic acids is 2. The van der Waals surface area contributed by atoms with Gasteiger partial charge in [-0.3, -0.25) is 14.5 Å². The highest BCUT2D eigenvalue weighted by Gasteiger charge is 2.28. The van der Waals surface area contributed by atoms with Crippen molar-refractivity contribution in [2.24, 2.45) is 0 Å². The molecule has 4 rings (SSSR count). The molecule has 0 unspecified atom stereocenters. The molecule has 0 spiro atoms. The first kappa shape index (κ1) is 26.6. The number of carbonyl (C=O) groups is 2. The number of likely N-dealkylation sites (tertiary alicyclic amines) is 1. The molecule has 5 heteroatoms. The van der Waals surface area contributed by atoms with Gasteiger partial charge in [0.05, 0.1) is 5.92 Å². The lowest BCUT2D eigenvalue weighted by molar-refractivity contribution is -0.132. The van der Waals surface area contributed by atoms with Gasteiger partial charge in [-0.15, -0.1) is 0 Å². The number of piperidine rings is 1. The van der Waals surface area contributed by atoms with Crippen LogP contribution in [0.25, 0.3) is 0 Å². The molecule has 5 nitrogen and oxygen atoms in total. The Bertz CT molecular complexity index is 1060. The molecule has 0 aromatic heterocycles. The van der Waals surface area contributed by atoms with Crippen LogP contribution < -0.4 is 5.32 Å². The van der Waals surface area contributed by atoms with E-state index in [2.05, 4.69) is 41.4 Å². The molecule has 1 heterocycles. The van der Waals surface area contributed by atoms with E-state index in [0.29, 0.717) is 19.5 Å². The number of nitrogens with one attached hydrogen (secondary N) is 1. The van der Waals surface area contributed by atoms with Crippen molar-refractivity contribution in [2.75, 3.05) is 26.2 Å². The van der Waals surface area contributed by atoms with Crippen molar-refractivity contribution in [3.63, 3.8) is 0 Å². The number of nitrogens with zero attached hydrogens (tertiary/aromatic N) is 2. The number of hydrogen-bond donors (Lipinski definition) is 1. The highest BCUT2D eigenvalue weighted by molar-refractivity contribution is 5.87. The van der Waals surface area contributed by atoms with E-state index in [1.165, 1.54) is 5.56 Å². The summed E-state index contributed by atoms with van der Waals surface area (Å²) < 4.78 is 0. The van der Waals surface area contributed by atoms with Crippen molar-refractivity contribution >= 4 is 11.8 Å². The lowest BCUT2D eigenvalue weighted by Gasteiger charge is -2.32. The molecule has 1 fully saturated rings. The maximum atomic E-state index is 13.8. The van der Waals surface area contributed by atoms with Crippen LogP contribution in [0.2, 0.25) is 0 Å². The summed E-state index contributed by atoms with van der Waals surface area (Å²) in [7, 11) is 0. The zero-order chi connectivity index (χ0) is 25.9. The molecule has 1 saturated heterocycles. The zero-order valence-electron chi connectivity index (χ0n) is 21.9. The first-order chi connectivity index (χ1) is 18.1. The van der Waals surface area contributed by atoms with Gasteiger partial charge < -0.3 is 10.2 Å². The summed E-state index contributed by atoms with van der Waals surface area (Å²) in [6.45, 7) is 6.07. The normalized spacial score (nSPS) is 14.4. The van der Waals surface area contributed by atoms with Gasteiger partial charge in [-0.05, 0) is 36.0 Å². The van der Waals surface area contributed by atoms with Gasteiger partial charge in [0.1, 0.15) is 0 Å². The molecule has 37 heavy (non-hydrogen) atoms. The smallest absolute Gasteiger partial charge is 0.234 e. The average molecular weight is 498 g/mol. The second-order valence-corrected chi connectivity index (χ2v) is 9.93. The van der Waals surface area contributed by atoms with Crippen LogP contribution in [-0.4, -0.2) is 53.8 Å². The van der Waals surface area contributed by atoms with Crippen molar-refractivity contribution in [1.29, 1.82) is 0 Å². The van der Waals surface area contributed by atoms with Gasteiger partial charge in [0.25, 0.3) is 0 Å². The molecular weight excluding hydrogens is 458 g/mol. The van der Waals surface area contributed by atoms with Gasteiger partial charge in [-0.2, -0.15) is 0 Å². The third-order valence-electron chi connectivity index (χ3n) is 7.13. The predicted molar refractivity (Wildman–Crippen MR) is 149 cm³/mol. The summed E-state index contributed by atoms with van der Waals surface area (Å²) in [5.41, 5.74) is 3.29. The molecule has 0 saturated carbocycles. The van der Waals surface area contributed by atoms with Crippen LogP contribution in [0.4, 0.5) is 0 Å². The summed E-state index contributed by atoms with van der Waals surface area (Å²) in [5, 5.41) is 3.23. The summed E-state index contributed by atoms with van der Waals surface area (Å²) >= 11 is 0. The fourth-order valence-electron chi connectivity index (χ4n) is 5.17. The monoisotopic (exact) mass is 497 g/mol. The minimum absolute atomic E-state index is 0.0337. The molecule has 0 bridgehead atoms. The molecular formula is C32H39N3O2. The Morgan fingerprint density at radius 2 is 1.38 bits per heavy atom. The van der Waals surface area contributed by atoms with Crippen LogP contribution in [0.1, 0.15) is 55.2 Å². The Morgan fingerprint density at radius 1 is 0.838 bits per heavy atom. The fourth-order valence-corrected chi connectivity index (χ4v) is 5.17. The maximum absolute atomic E-state index is 13.8. The quantitative estimate of drug-likeness (QED) is 0.395. The number of hydrogen-bond acceptors (Lipinski definition) is 3. The summed E-state index contributed by atoms with van der Waals surface area (Å²) in [4.78, 5) is 31.0. The van der Waals surface area contributed by atoms with Crippen LogP contribution >= 0.6 is 0 Å². The molecule has 194 valence electrons. The number of rotatable bonds is 11. The van der Waals surface area contributed by atoms with Gasteiger partial charge in [-0.25, -0.2) is 0 Å². The van der Waals surface area contributed by atoms with Crippen LogP contribution in [0.5, 0.6) is 0 Å². The van der Waals surface area contributed by atoms with E-state index in [4.69, 9.17) is 0 Å². The van der Waals surface area contributed by atoms with E-state index in [-0.39, 0.29) is 23.8 Å². The Kier molecular flexibility index (Phi) is 9.89. The van der Waals surface area contributed by atoms with Crippen molar-refractivity contribution in [3.8, 4) is 0 Å². The first-order valence-electron chi connectivity index (χ1n) is 13.6. The molecule has 1 aliphatic rings. The minimum Gasteiger partial charge on any atom is -0.353 e. The van der Waals surface area contributed by atoms with Gasteiger partial charge in [-0.1, -0.05) is 97.9 Å². The second-order valence-electron chi connectivity index (χ2n) is 9.93. The topological polar surface area (TPSA) is 52.7 Å². The SMILES string of the molecule is CCCN(CCC(=O)NC1CCN(Cc2ccccc2)CC1)C(=O)C(c1ccccc1)c1ccccc1. The lowest BCUT2D eigenvalue weighted by Crippen LogP contribution is -2.45. The van der Waals surface area contributed by atoms with Crippen molar-refractivity contribution in [2.45, 2.75) is 51.1 Å². The van der Waals surface area contributed by atoms with E-state index in [9.17, 15) is 9.59 Å².